The Labute approximate surface area is 182 Å². The summed E-state index contributed by atoms with van der Waals surface area (Å²) in [6, 6.07) is 9.72. The molecule has 5 nitrogen and oxygen atoms in total. The molecule has 0 spiro atoms. The quantitative estimate of drug-likeness (QED) is 0.633. The number of methoxy groups -OCH3 is 1. The lowest BCUT2D eigenvalue weighted by molar-refractivity contribution is 0.0843. The number of fused-ring (bicyclic) bond motifs is 1. The number of aromatic nitrogens is 2. The Morgan fingerprint density at radius 3 is 2.63 bits per heavy atom. The Morgan fingerprint density at radius 2 is 1.97 bits per heavy atom. The second kappa shape index (κ2) is 10.1. The summed E-state index contributed by atoms with van der Waals surface area (Å²) in [6.07, 6.45) is 7.34. The van der Waals surface area contributed by atoms with Crippen LogP contribution in [0.5, 0.6) is 0 Å². The largest absolute Gasteiger partial charge is 0.383 e. The van der Waals surface area contributed by atoms with Crippen molar-refractivity contribution >= 4 is 0 Å². The Balaban J connectivity index is 1.37. The van der Waals surface area contributed by atoms with Crippen LogP contribution in [0.15, 0.2) is 30.5 Å². The van der Waals surface area contributed by atoms with Gasteiger partial charge in [0.2, 0.25) is 0 Å². The normalized spacial score (nSPS) is 20.2. The van der Waals surface area contributed by atoms with E-state index in [1.165, 1.54) is 44.3 Å². The summed E-state index contributed by atoms with van der Waals surface area (Å²) in [5, 5.41) is 4.64. The Morgan fingerprint density at radius 1 is 1.20 bits per heavy atom. The van der Waals surface area contributed by atoms with E-state index in [-0.39, 0.29) is 0 Å². The molecule has 0 amide bonds. The van der Waals surface area contributed by atoms with Crippen LogP contribution in [0.25, 0.3) is 0 Å². The molecule has 5 heteroatoms. The fourth-order valence-electron chi connectivity index (χ4n) is 5.31. The van der Waals surface area contributed by atoms with E-state index >= 15 is 0 Å². The lowest BCUT2D eigenvalue weighted by Crippen LogP contribution is -2.46. The van der Waals surface area contributed by atoms with Crippen molar-refractivity contribution in [3.63, 3.8) is 0 Å². The molecule has 2 aromatic rings. The Bertz CT molecular complexity index is 792. The molecule has 1 aliphatic heterocycles. The van der Waals surface area contributed by atoms with Crippen molar-refractivity contribution in [3.8, 4) is 0 Å². The van der Waals surface area contributed by atoms with Crippen molar-refractivity contribution in [2.24, 2.45) is 5.92 Å². The number of hydrogen-bond donors (Lipinski definition) is 0. The molecule has 1 aromatic heterocycles. The molecule has 0 saturated carbocycles. The van der Waals surface area contributed by atoms with E-state index in [1.54, 1.807) is 18.2 Å². The first-order valence-corrected chi connectivity index (χ1v) is 11.7. The number of aryl methyl sites for hydroxylation is 2. The molecule has 1 aromatic carbocycles. The molecule has 0 bridgehead atoms. The lowest BCUT2D eigenvalue weighted by atomic mass is 9.95. The van der Waals surface area contributed by atoms with E-state index in [1.807, 2.05) is 0 Å². The number of benzene rings is 1. The van der Waals surface area contributed by atoms with Gasteiger partial charge in [0.05, 0.1) is 12.3 Å². The fraction of sp³-hybridized carbons (Fsp3) is 0.640. The van der Waals surface area contributed by atoms with Gasteiger partial charge in [0.25, 0.3) is 0 Å². The minimum Gasteiger partial charge on any atom is -0.383 e. The zero-order valence-corrected chi connectivity index (χ0v) is 19.0. The van der Waals surface area contributed by atoms with E-state index in [0.717, 1.165) is 44.4 Å². The maximum atomic E-state index is 5.42. The van der Waals surface area contributed by atoms with E-state index in [4.69, 9.17) is 4.74 Å². The first-order chi connectivity index (χ1) is 14.7. The molecule has 1 atom stereocenters. The van der Waals surface area contributed by atoms with Gasteiger partial charge in [-0.05, 0) is 63.1 Å². The van der Waals surface area contributed by atoms with Crippen molar-refractivity contribution in [2.75, 3.05) is 39.9 Å². The van der Waals surface area contributed by atoms with Crippen molar-refractivity contribution in [3.05, 3.63) is 52.8 Å². The molecule has 2 aliphatic rings. The average molecular weight is 411 g/mol. The number of rotatable bonds is 9. The molecule has 164 valence electrons. The number of piperidine rings is 1. The highest BCUT2D eigenvalue weighted by Crippen LogP contribution is 2.29. The smallest absolute Gasteiger partial charge is 0.0638 e. The summed E-state index contributed by atoms with van der Waals surface area (Å²) in [7, 11) is 1.80. The van der Waals surface area contributed by atoms with E-state index < -0.39 is 0 Å². The standard InChI is InChI=1S/C25H38N4O/c1-4-29-19-24(20(2)26-29)18-27(12-13-30-3)16-21-8-7-11-28(17-21)25-14-22-9-5-6-10-23(22)15-25/h5-6,9-10,19,21,25H,4,7-8,11-18H2,1-3H3. The summed E-state index contributed by atoms with van der Waals surface area (Å²) in [5.41, 5.74) is 5.64. The van der Waals surface area contributed by atoms with Crippen molar-refractivity contribution in [1.29, 1.82) is 0 Å². The molecule has 1 aliphatic carbocycles. The van der Waals surface area contributed by atoms with Crippen LogP contribution < -0.4 is 0 Å². The van der Waals surface area contributed by atoms with E-state index in [0.29, 0.717) is 6.04 Å². The Kier molecular flexibility index (Phi) is 7.24. The minimum absolute atomic E-state index is 0.697. The van der Waals surface area contributed by atoms with Gasteiger partial charge < -0.3 is 4.74 Å². The van der Waals surface area contributed by atoms with Gasteiger partial charge in [-0.25, -0.2) is 0 Å². The van der Waals surface area contributed by atoms with Gasteiger partial charge in [0.15, 0.2) is 0 Å². The monoisotopic (exact) mass is 410 g/mol. The van der Waals surface area contributed by atoms with Crippen LogP contribution in [-0.4, -0.2) is 65.5 Å². The first-order valence-electron chi connectivity index (χ1n) is 11.7. The van der Waals surface area contributed by atoms with Crippen LogP contribution in [0.1, 0.15) is 42.1 Å². The topological polar surface area (TPSA) is 33.5 Å². The third kappa shape index (κ3) is 5.13. The van der Waals surface area contributed by atoms with Gasteiger partial charge in [-0.3, -0.25) is 14.5 Å². The zero-order valence-electron chi connectivity index (χ0n) is 19.0. The molecule has 1 unspecified atom stereocenters. The molecule has 4 rings (SSSR count). The molecular formula is C25H38N4O. The minimum atomic E-state index is 0.697. The van der Waals surface area contributed by atoms with Crippen LogP contribution in [-0.2, 0) is 30.7 Å². The highest BCUT2D eigenvalue weighted by Gasteiger charge is 2.31. The van der Waals surface area contributed by atoms with Crippen molar-refractivity contribution in [1.82, 2.24) is 19.6 Å². The predicted molar refractivity (Wildman–Crippen MR) is 122 cm³/mol. The molecule has 2 heterocycles. The molecule has 1 fully saturated rings. The third-order valence-electron chi connectivity index (χ3n) is 6.99. The number of ether oxygens (including phenoxy) is 1. The third-order valence-corrected chi connectivity index (χ3v) is 6.99. The Hall–Kier alpha value is -1.69. The van der Waals surface area contributed by atoms with E-state index in [2.05, 4.69) is 63.9 Å². The van der Waals surface area contributed by atoms with Crippen LogP contribution in [0.2, 0.25) is 0 Å². The van der Waals surface area contributed by atoms with Gasteiger partial charge in [0.1, 0.15) is 0 Å². The SMILES string of the molecule is CCn1cc(CN(CCOC)CC2CCCN(C3Cc4ccccc4C3)C2)c(C)n1. The fourth-order valence-corrected chi connectivity index (χ4v) is 5.31. The summed E-state index contributed by atoms with van der Waals surface area (Å²) < 4.78 is 7.48. The van der Waals surface area contributed by atoms with Crippen LogP contribution in [0.4, 0.5) is 0 Å². The average Bonchev–Trinajstić information content (AvgIpc) is 3.35. The summed E-state index contributed by atoms with van der Waals surface area (Å²) in [4.78, 5) is 5.37. The molecule has 30 heavy (non-hydrogen) atoms. The zero-order chi connectivity index (χ0) is 20.9. The van der Waals surface area contributed by atoms with Gasteiger partial charge in [-0.1, -0.05) is 24.3 Å². The van der Waals surface area contributed by atoms with Crippen molar-refractivity contribution < 1.29 is 4.74 Å². The molecular weight excluding hydrogens is 372 g/mol. The van der Waals surface area contributed by atoms with Gasteiger partial charge in [-0.15, -0.1) is 0 Å². The summed E-state index contributed by atoms with van der Waals surface area (Å²) in [6.45, 7) is 11.6. The van der Waals surface area contributed by atoms with Gasteiger partial charge in [-0.2, -0.15) is 5.10 Å². The second-order valence-electron chi connectivity index (χ2n) is 9.16. The van der Waals surface area contributed by atoms with E-state index in [9.17, 15) is 0 Å². The van der Waals surface area contributed by atoms with Crippen LogP contribution in [0.3, 0.4) is 0 Å². The lowest BCUT2D eigenvalue weighted by Gasteiger charge is -2.38. The summed E-state index contributed by atoms with van der Waals surface area (Å²) >= 11 is 0. The highest BCUT2D eigenvalue weighted by molar-refractivity contribution is 5.33. The van der Waals surface area contributed by atoms with Gasteiger partial charge in [0, 0.05) is 57.6 Å². The van der Waals surface area contributed by atoms with Gasteiger partial charge >= 0.3 is 0 Å². The predicted octanol–water partition coefficient (Wildman–Crippen LogP) is 3.54. The van der Waals surface area contributed by atoms with Crippen LogP contribution in [0, 0.1) is 12.8 Å². The second-order valence-corrected chi connectivity index (χ2v) is 9.16. The maximum absolute atomic E-state index is 5.42. The first kappa shape index (κ1) is 21.5. The maximum Gasteiger partial charge on any atom is 0.0638 e. The number of nitrogens with zero attached hydrogens (tertiary/aromatic N) is 4. The molecule has 0 radical (unpaired) electrons. The van der Waals surface area contributed by atoms with Crippen molar-refractivity contribution in [2.45, 2.75) is 58.7 Å². The highest BCUT2D eigenvalue weighted by atomic mass is 16.5. The summed E-state index contributed by atoms with van der Waals surface area (Å²) in [5.74, 6) is 0.737. The van der Waals surface area contributed by atoms with Crippen LogP contribution >= 0.6 is 0 Å². The number of likely N-dealkylation sites (tertiary alicyclic amines) is 1. The molecule has 1 saturated heterocycles. The molecule has 0 N–H and O–H groups in total. The number of hydrogen-bond acceptors (Lipinski definition) is 4.